The lowest BCUT2D eigenvalue weighted by atomic mass is 10.1. The van der Waals surface area contributed by atoms with Gasteiger partial charge in [0.15, 0.2) is 14.1 Å². The van der Waals surface area contributed by atoms with E-state index in [-0.39, 0.29) is 6.10 Å². The number of ether oxygens (including phenoxy) is 2. The van der Waals surface area contributed by atoms with Crippen LogP contribution in [0.5, 0.6) is 0 Å². The first-order chi connectivity index (χ1) is 12.4. The van der Waals surface area contributed by atoms with Gasteiger partial charge in [-0.3, -0.25) is 0 Å². The molecule has 0 radical (unpaired) electrons. The summed E-state index contributed by atoms with van der Waals surface area (Å²) >= 11 is 0. The van der Waals surface area contributed by atoms with Gasteiger partial charge in [0.25, 0.3) is 0 Å². The predicted molar refractivity (Wildman–Crippen MR) is 114 cm³/mol. The van der Waals surface area contributed by atoms with Gasteiger partial charge in [0, 0.05) is 13.0 Å². The fourth-order valence-corrected chi connectivity index (χ4v) is 9.90. The largest absolute Gasteiger partial charge is 0.416 e. The summed E-state index contributed by atoms with van der Waals surface area (Å²) in [6.07, 6.45) is 0.591. The van der Waals surface area contributed by atoms with E-state index in [4.69, 9.17) is 13.9 Å². The van der Waals surface area contributed by atoms with Crippen LogP contribution < -0.4 is 0 Å². The van der Waals surface area contributed by atoms with Crippen LogP contribution in [0.2, 0.25) is 16.6 Å². The van der Waals surface area contributed by atoms with E-state index in [2.05, 4.69) is 60.3 Å². The maximum Gasteiger partial charge on any atom is 0.200 e. The van der Waals surface area contributed by atoms with E-state index in [1.165, 1.54) is 0 Å². The molecule has 1 heterocycles. The highest BCUT2D eigenvalue weighted by atomic mass is 28.4. The van der Waals surface area contributed by atoms with Gasteiger partial charge in [-0.05, 0) is 42.8 Å². The number of aliphatic hydroxyl groups is 1. The van der Waals surface area contributed by atoms with Crippen LogP contribution in [0, 0.1) is 17.8 Å². The average molecular weight is 399 g/mol. The fraction of sp³-hybridized carbons (Fsp3) is 0.909. The van der Waals surface area contributed by atoms with Crippen LogP contribution >= 0.6 is 0 Å². The molecule has 1 saturated heterocycles. The molecule has 0 spiro atoms. The second-order valence-electron chi connectivity index (χ2n) is 9.41. The van der Waals surface area contributed by atoms with Crippen molar-refractivity contribution in [3.8, 4) is 11.8 Å². The second-order valence-corrected chi connectivity index (χ2v) is 14.9. The molecule has 1 aliphatic rings. The molecule has 0 aromatic heterocycles. The van der Waals surface area contributed by atoms with E-state index in [0.717, 1.165) is 19.4 Å². The van der Waals surface area contributed by atoms with Gasteiger partial charge in [-0.1, -0.05) is 54.4 Å². The summed E-state index contributed by atoms with van der Waals surface area (Å²) in [5, 5.41) is 10.1. The minimum absolute atomic E-state index is 0.358. The summed E-state index contributed by atoms with van der Waals surface area (Å²) in [4.78, 5) is 0. The van der Waals surface area contributed by atoms with E-state index >= 15 is 0 Å². The summed E-state index contributed by atoms with van der Waals surface area (Å²) in [5.74, 6) is 5.86. The van der Waals surface area contributed by atoms with Crippen LogP contribution in [0.15, 0.2) is 0 Å². The minimum atomic E-state index is -1.79. The standard InChI is InChI=1S/C22H42O4Si/c1-16(2)27(17(3)4,18(5)6)25-14-19(7)12-10-11-13-20(23)21-15-24-22(8,9)26-21/h16-21,23H,10,12,14-15H2,1-9H3/t19?,20-,21-/m1/s1. The van der Waals surface area contributed by atoms with Crippen molar-refractivity contribution in [2.75, 3.05) is 13.2 Å². The summed E-state index contributed by atoms with van der Waals surface area (Å²) in [6, 6.07) is 0. The molecule has 158 valence electrons. The highest BCUT2D eigenvalue weighted by Crippen LogP contribution is 2.42. The van der Waals surface area contributed by atoms with Gasteiger partial charge in [0.2, 0.25) is 0 Å². The smallest absolute Gasteiger partial charge is 0.200 e. The highest BCUT2D eigenvalue weighted by molar-refractivity contribution is 6.77. The van der Waals surface area contributed by atoms with Crippen LogP contribution in [0.25, 0.3) is 0 Å². The number of aliphatic hydroxyl groups excluding tert-OH is 1. The Morgan fingerprint density at radius 2 is 1.63 bits per heavy atom. The molecular weight excluding hydrogens is 356 g/mol. The zero-order valence-corrected chi connectivity index (χ0v) is 20.0. The lowest BCUT2D eigenvalue weighted by molar-refractivity contribution is -0.146. The van der Waals surface area contributed by atoms with Gasteiger partial charge in [-0.15, -0.1) is 5.92 Å². The molecule has 0 amide bonds. The van der Waals surface area contributed by atoms with E-state index < -0.39 is 20.2 Å². The van der Waals surface area contributed by atoms with Gasteiger partial charge >= 0.3 is 0 Å². The quantitative estimate of drug-likeness (QED) is 0.433. The maximum atomic E-state index is 10.1. The minimum Gasteiger partial charge on any atom is -0.416 e. The lowest BCUT2D eigenvalue weighted by Crippen LogP contribution is -2.48. The van der Waals surface area contributed by atoms with Crippen molar-refractivity contribution in [2.45, 2.75) is 110 Å². The Bertz CT molecular complexity index is 482. The third-order valence-electron chi connectivity index (χ3n) is 5.72. The topological polar surface area (TPSA) is 47.9 Å². The van der Waals surface area contributed by atoms with Crippen molar-refractivity contribution in [1.82, 2.24) is 0 Å². The first kappa shape index (κ1) is 24.7. The molecule has 0 saturated carbocycles. The van der Waals surface area contributed by atoms with Crippen molar-refractivity contribution >= 4 is 8.32 Å². The normalized spacial score (nSPS) is 22.2. The molecule has 3 atom stereocenters. The van der Waals surface area contributed by atoms with Crippen molar-refractivity contribution < 1.29 is 19.0 Å². The average Bonchev–Trinajstić information content (AvgIpc) is 2.91. The first-order valence-corrected chi connectivity index (χ1v) is 12.7. The van der Waals surface area contributed by atoms with E-state index in [9.17, 15) is 5.11 Å². The van der Waals surface area contributed by atoms with Gasteiger partial charge < -0.3 is 19.0 Å². The number of hydrogen-bond acceptors (Lipinski definition) is 4. The third-order valence-corrected chi connectivity index (χ3v) is 11.8. The fourth-order valence-electron chi connectivity index (χ4n) is 4.33. The molecule has 1 N–H and O–H groups in total. The van der Waals surface area contributed by atoms with E-state index in [1.54, 1.807) is 0 Å². The summed E-state index contributed by atoms with van der Waals surface area (Å²) in [6.45, 7) is 21.0. The van der Waals surface area contributed by atoms with E-state index in [0.29, 0.717) is 29.1 Å². The zero-order chi connectivity index (χ0) is 20.8. The first-order valence-electron chi connectivity index (χ1n) is 10.5. The molecule has 0 aromatic carbocycles. The van der Waals surface area contributed by atoms with Crippen LogP contribution in [-0.4, -0.2) is 44.6 Å². The van der Waals surface area contributed by atoms with Crippen molar-refractivity contribution in [3.63, 3.8) is 0 Å². The molecular formula is C22H42O4Si. The molecule has 5 heteroatoms. The Morgan fingerprint density at radius 3 is 2.07 bits per heavy atom. The van der Waals surface area contributed by atoms with Gasteiger partial charge in [-0.2, -0.15) is 0 Å². The Labute approximate surface area is 168 Å². The second kappa shape index (κ2) is 10.4. The monoisotopic (exact) mass is 398 g/mol. The molecule has 0 aromatic rings. The molecule has 1 fully saturated rings. The zero-order valence-electron chi connectivity index (χ0n) is 19.0. The Hall–Kier alpha value is -0.383. The van der Waals surface area contributed by atoms with Crippen LogP contribution in [-0.2, 0) is 13.9 Å². The molecule has 0 aliphatic carbocycles. The SMILES string of the molecule is CC(CCC#C[C@@H](O)[C@H]1COC(C)(C)O1)CO[Si](C(C)C)(C(C)C)C(C)C. The lowest BCUT2D eigenvalue weighted by Gasteiger charge is -2.42. The Kier molecular flexibility index (Phi) is 9.51. The van der Waals surface area contributed by atoms with Gasteiger partial charge in [-0.25, -0.2) is 0 Å². The Morgan fingerprint density at radius 1 is 1.07 bits per heavy atom. The molecule has 27 heavy (non-hydrogen) atoms. The number of rotatable bonds is 9. The van der Waals surface area contributed by atoms with E-state index in [1.807, 2.05) is 13.8 Å². The molecule has 1 unspecified atom stereocenters. The van der Waals surface area contributed by atoms with Crippen molar-refractivity contribution in [1.29, 1.82) is 0 Å². The molecule has 1 rings (SSSR count). The number of hydrogen-bond donors (Lipinski definition) is 1. The van der Waals surface area contributed by atoms with Crippen LogP contribution in [0.1, 0.15) is 75.2 Å². The van der Waals surface area contributed by atoms with Crippen molar-refractivity contribution in [3.05, 3.63) is 0 Å². The third kappa shape index (κ3) is 6.87. The maximum absolute atomic E-state index is 10.1. The van der Waals surface area contributed by atoms with Crippen molar-refractivity contribution in [2.24, 2.45) is 5.92 Å². The van der Waals surface area contributed by atoms with Gasteiger partial charge in [0.1, 0.15) is 12.2 Å². The van der Waals surface area contributed by atoms with Crippen LogP contribution in [0.4, 0.5) is 0 Å². The van der Waals surface area contributed by atoms with Gasteiger partial charge in [0.05, 0.1) is 6.61 Å². The summed E-state index contributed by atoms with van der Waals surface area (Å²) < 4.78 is 17.8. The molecule has 0 bridgehead atoms. The molecule has 4 nitrogen and oxygen atoms in total. The van der Waals surface area contributed by atoms with Crippen LogP contribution in [0.3, 0.4) is 0 Å². The predicted octanol–water partition coefficient (Wildman–Crippen LogP) is 5.11. The summed E-state index contributed by atoms with van der Waals surface area (Å²) in [5.41, 5.74) is 1.83. The highest BCUT2D eigenvalue weighted by Gasteiger charge is 2.45. The molecule has 1 aliphatic heterocycles. The summed E-state index contributed by atoms with van der Waals surface area (Å²) in [7, 11) is -1.79. The Balaban J connectivity index is 2.46.